The van der Waals surface area contributed by atoms with Crippen molar-refractivity contribution in [2.75, 3.05) is 18.2 Å². The Morgan fingerprint density at radius 2 is 1.66 bits per heavy atom. The Balaban J connectivity index is 1.67. The van der Waals surface area contributed by atoms with Gasteiger partial charge in [-0.25, -0.2) is 9.97 Å². The average molecular weight is 465 g/mol. The molecule has 0 aliphatic rings. The van der Waals surface area contributed by atoms with Crippen molar-refractivity contribution in [1.29, 1.82) is 0 Å². The fraction of sp³-hybridized carbons (Fsp3) is 0.111. The van der Waals surface area contributed by atoms with E-state index in [-0.39, 0.29) is 17.3 Å². The fourth-order valence-electron chi connectivity index (χ4n) is 4.12. The molecule has 5 rings (SSSR count). The molecular formula is C27H24N6O2. The van der Waals surface area contributed by atoms with Crippen molar-refractivity contribution < 1.29 is 9.53 Å². The van der Waals surface area contributed by atoms with Crippen LogP contribution in [0.5, 0.6) is 5.75 Å². The lowest BCUT2D eigenvalue weighted by molar-refractivity contribution is 0.102. The van der Waals surface area contributed by atoms with E-state index in [1.165, 1.54) is 4.68 Å². The number of carbonyl (C=O) groups is 1. The van der Waals surface area contributed by atoms with Crippen LogP contribution in [0.1, 0.15) is 27.0 Å². The van der Waals surface area contributed by atoms with E-state index in [0.717, 1.165) is 16.7 Å². The molecule has 0 saturated heterocycles. The maximum atomic E-state index is 13.5. The topological polar surface area (TPSA) is 107 Å². The van der Waals surface area contributed by atoms with Gasteiger partial charge >= 0.3 is 0 Å². The normalized spacial score (nSPS) is 11.4. The van der Waals surface area contributed by atoms with E-state index in [1.807, 2.05) is 80.6 Å². The molecule has 2 aromatic heterocycles. The molecule has 8 heteroatoms. The van der Waals surface area contributed by atoms with Gasteiger partial charge < -0.3 is 15.8 Å². The van der Waals surface area contributed by atoms with Crippen molar-refractivity contribution in [3.8, 4) is 5.75 Å². The van der Waals surface area contributed by atoms with Gasteiger partial charge in [-0.2, -0.15) is 9.78 Å². The summed E-state index contributed by atoms with van der Waals surface area (Å²) in [6.07, 6.45) is 1.62. The number of benzene rings is 3. The number of aryl methyl sites for hydroxylation is 2. The SMILES string of the molecule is COc1ccccc1C=Nn1c(N)c(C(=O)Nc2cc(C)cc(C)c2)c2nc3ccccc3nc21. The first kappa shape index (κ1) is 22.1. The minimum Gasteiger partial charge on any atom is -0.496 e. The van der Waals surface area contributed by atoms with Crippen molar-refractivity contribution in [1.82, 2.24) is 14.6 Å². The van der Waals surface area contributed by atoms with Crippen LogP contribution in [0.3, 0.4) is 0 Å². The van der Waals surface area contributed by atoms with E-state index >= 15 is 0 Å². The number of nitrogen functional groups attached to an aromatic ring is 1. The second kappa shape index (κ2) is 8.90. The zero-order valence-electron chi connectivity index (χ0n) is 19.6. The Morgan fingerprint density at radius 1 is 1.00 bits per heavy atom. The lowest BCUT2D eigenvalue weighted by Gasteiger charge is -2.08. The maximum Gasteiger partial charge on any atom is 0.261 e. The van der Waals surface area contributed by atoms with E-state index in [2.05, 4.69) is 10.4 Å². The van der Waals surface area contributed by atoms with Gasteiger partial charge in [0.15, 0.2) is 5.65 Å². The Morgan fingerprint density at radius 3 is 2.37 bits per heavy atom. The quantitative estimate of drug-likeness (QED) is 0.359. The third-order valence-electron chi connectivity index (χ3n) is 5.63. The molecule has 0 unspecified atom stereocenters. The van der Waals surface area contributed by atoms with Gasteiger partial charge in [-0.1, -0.05) is 30.3 Å². The zero-order chi connectivity index (χ0) is 24.5. The number of carbonyl (C=O) groups excluding carboxylic acids is 1. The summed E-state index contributed by atoms with van der Waals surface area (Å²) in [5.74, 6) is 0.423. The van der Waals surface area contributed by atoms with Gasteiger partial charge in [-0.05, 0) is 61.4 Å². The van der Waals surface area contributed by atoms with Crippen LogP contribution in [0.25, 0.3) is 22.2 Å². The van der Waals surface area contributed by atoms with Crippen molar-refractivity contribution in [2.45, 2.75) is 13.8 Å². The largest absolute Gasteiger partial charge is 0.496 e. The van der Waals surface area contributed by atoms with Gasteiger partial charge in [0.2, 0.25) is 0 Å². The van der Waals surface area contributed by atoms with Gasteiger partial charge in [-0.3, -0.25) is 4.79 Å². The van der Waals surface area contributed by atoms with Crippen LogP contribution in [-0.2, 0) is 0 Å². The van der Waals surface area contributed by atoms with Crippen LogP contribution < -0.4 is 15.8 Å². The summed E-state index contributed by atoms with van der Waals surface area (Å²) in [7, 11) is 1.60. The number of methoxy groups -OCH3 is 1. The Bertz CT molecular complexity index is 1600. The van der Waals surface area contributed by atoms with Crippen molar-refractivity contribution >= 4 is 45.8 Å². The molecular weight excluding hydrogens is 440 g/mol. The summed E-state index contributed by atoms with van der Waals surface area (Å²) in [6, 6.07) is 20.8. The third-order valence-corrected chi connectivity index (χ3v) is 5.63. The molecule has 0 fully saturated rings. The minimum atomic E-state index is -0.381. The van der Waals surface area contributed by atoms with E-state index in [0.29, 0.717) is 33.6 Å². The number of anilines is 2. The highest BCUT2D eigenvalue weighted by molar-refractivity contribution is 6.16. The van der Waals surface area contributed by atoms with E-state index in [1.54, 1.807) is 13.3 Å². The number of hydrogen-bond acceptors (Lipinski definition) is 6. The monoisotopic (exact) mass is 464 g/mol. The number of aromatic nitrogens is 3. The number of amides is 1. The summed E-state index contributed by atoms with van der Waals surface area (Å²) in [5, 5.41) is 7.52. The molecule has 0 radical (unpaired) electrons. The van der Waals surface area contributed by atoms with E-state index in [9.17, 15) is 4.79 Å². The smallest absolute Gasteiger partial charge is 0.261 e. The van der Waals surface area contributed by atoms with Gasteiger partial charge in [0, 0.05) is 11.3 Å². The van der Waals surface area contributed by atoms with Gasteiger partial charge in [0.05, 0.1) is 24.4 Å². The first-order valence-electron chi connectivity index (χ1n) is 11.1. The molecule has 0 aliphatic carbocycles. The number of nitrogens with zero attached hydrogens (tertiary/aromatic N) is 4. The molecule has 2 heterocycles. The average Bonchev–Trinajstić information content (AvgIpc) is 3.10. The van der Waals surface area contributed by atoms with Crippen LogP contribution in [0.15, 0.2) is 71.8 Å². The molecule has 8 nitrogen and oxygen atoms in total. The summed E-state index contributed by atoms with van der Waals surface area (Å²) >= 11 is 0. The molecule has 1 amide bonds. The molecule has 174 valence electrons. The molecule has 5 aromatic rings. The molecule has 3 aromatic carbocycles. The Labute approximate surface area is 202 Å². The van der Waals surface area contributed by atoms with Crippen LogP contribution in [-0.4, -0.2) is 33.9 Å². The highest BCUT2D eigenvalue weighted by Gasteiger charge is 2.24. The fourth-order valence-corrected chi connectivity index (χ4v) is 4.12. The molecule has 0 saturated carbocycles. The predicted octanol–water partition coefficient (Wildman–Crippen LogP) is 4.93. The van der Waals surface area contributed by atoms with Gasteiger partial charge in [0.1, 0.15) is 22.6 Å². The second-order valence-corrected chi connectivity index (χ2v) is 8.27. The number of nitrogens with one attached hydrogen (secondary N) is 1. The van der Waals surface area contributed by atoms with Crippen LogP contribution >= 0.6 is 0 Å². The molecule has 0 spiro atoms. The molecule has 0 bridgehead atoms. The Kier molecular flexibility index (Phi) is 5.62. The highest BCUT2D eigenvalue weighted by atomic mass is 16.5. The maximum absolute atomic E-state index is 13.5. The Hall–Kier alpha value is -4.72. The molecule has 35 heavy (non-hydrogen) atoms. The minimum absolute atomic E-state index is 0.142. The predicted molar refractivity (Wildman–Crippen MR) is 139 cm³/mol. The van der Waals surface area contributed by atoms with E-state index in [4.69, 9.17) is 20.4 Å². The van der Waals surface area contributed by atoms with Crippen LogP contribution in [0, 0.1) is 13.8 Å². The molecule has 0 aliphatic heterocycles. The number of fused-ring (bicyclic) bond motifs is 2. The van der Waals surface area contributed by atoms with Crippen LogP contribution in [0.4, 0.5) is 11.5 Å². The summed E-state index contributed by atoms with van der Waals surface area (Å²) in [4.78, 5) is 22.9. The van der Waals surface area contributed by atoms with Crippen molar-refractivity contribution in [3.63, 3.8) is 0 Å². The lowest BCUT2D eigenvalue weighted by atomic mass is 10.1. The van der Waals surface area contributed by atoms with Crippen molar-refractivity contribution in [3.05, 3.63) is 89.0 Å². The number of nitrogens with two attached hydrogens (primary N) is 1. The number of hydrogen-bond donors (Lipinski definition) is 2. The number of para-hydroxylation sites is 3. The summed E-state index contributed by atoms with van der Waals surface area (Å²) in [6.45, 7) is 3.96. The summed E-state index contributed by atoms with van der Waals surface area (Å²) in [5.41, 5.74) is 12.3. The van der Waals surface area contributed by atoms with Gasteiger partial charge in [0.25, 0.3) is 5.91 Å². The lowest BCUT2D eigenvalue weighted by Crippen LogP contribution is -2.14. The first-order valence-corrected chi connectivity index (χ1v) is 11.1. The first-order chi connectivity index (χ1) is 16.9. The number of ether oxygens (including phenoxy) is 1. The zero-order valence-corrected chi connectivity index (χ0v) is 19.6. The highest BCUT2D eigenvalue weighted by Crippen LogP contribution is 2.29. The third kappa shape index (κ3) is 4.17. The molecule has 3 N–H and O–H groups in total. The molecule has 0 atom stereocenters. The van der Waals surface area contributed by atoms with Gasteiger partial charge in [-0.15, -0.1) is 0 Å². The second-order valence-electron chi connectivity index (χ2n) is 8.27. The standard InChI is InChI=1S/C27H24N6O2/c1-16-12-17(2)14-19(13-16)30-27(34)23-24-26(32-21-10-6-5-9-20(21)31-24)33(25(23)28)29-15-18-8-4-7-11-22(18)35-3/h4-15H,28H2,1-3H3,(H,30,34). The number of rotatable bonds is 5. The van der Waals surface area contributed by atoms with Crippen LogP contribution in [0.2, 0.25) is 0 Å². The summed E-state index contributed by atoms with van der Waals surface area (Å²) < 4.78 is 6.86. The van der Waals surface area contributed by atoms with Crippen molar-refractivity contribution in [2.24, 2.45) is 5.10 Å². The van der Waals surface area contributed by atoms with E-state index < -0.39 is 0 Å².